The normalized spacial score (nSPS) is 24.1. The lowest BCUT2D eigenvalue weighted by Gasteiger charge is -2.39. The summed E-state index contributed by atoms with van der Waals surface area (Å²) >= 11 is 5.63. The molecule has 2 aromatic rings. The van der Waals surface area contributed by atoms with Gasteiger partial charge in [-0.05, 0) is 55.0 Å². The lowest BCUT2D eigenvalue weighted by molar-refractivity contribution is -0.124. The lowest BCUT2D eigenvalue weighted by atomic mass is 9.76. The third-order valence-electron chi connectivity index (χ3n) is 5.84. The highest BCUT2D eigenvalue weighted by Crippen LogP contribution is 2.52. The maximum atomic E-state index is 13.4. The first-order chi connectivity index (χ1) is 14.4. The summed E-state index contributed by atoms with van der Waals surface area (Å²) in [5.74, 6) is -0.528. The predicted molar refractivity (Wildman–Crippen MR) is 109 cm³/mol. The fraction of sp³-hybridized carbons (Fsp3) is 0.364. The van der Waals surface area contributed by atoms with E-state index in [4.69, 9.17) is 16.3 Å². The van der Waals surface area contributed by atoms with Crippen molar-refractivity contribution >= 4 is 23.4 Å². The Balaban J connectivity index is 1.28. The van der Waals surface area contributed by atoms with Crippen LogP contribution >= 0.6 is 11.6 Å². The van der Waals surface area contributed by atoms with E-state index in [2.05, 4.69) is 10.6 Å². The molecule has 0 spiro atoms. The Hall–Kier alpha value is -2.64. The number of benzene rings is 2. The summed E-state index contributed by atoms with van der Waals surface area (Å²) in [6.07, 6.45) is 2.28. The Morgan fingerprint density at radius 3 is 2.73 bits per heavy atom. The molecule has 0 aromatic heterocycles. The highest BCUT2D eigenvalue weighted by molar-refractivity contribution is 6.30. The molecular weight excluding hydrogens is 411 g/mol. The molecule has 2 aromatic carbocycles. The number of fused-ring (bicyclic) bond motifs is 1. The SMILES string of the molecule is O=C(COc1ccc(Cl)c(F)c1)NC1CC2(NC(=O)c3cccc(CO)c3)CC1C2. The van der Waals surface area contributed by atoms with Crippen LogP contribution in [0.15, 0.2) is 42.5 Å². The number of hydrogen-bond donors (Lipinski definition) is 3. The molecule has 0 aliphatic heterocycles. The zero-order valence-corrected chi connectivity index (χ0v) is 16.9. The quantitative estimate of drug-likeness (QED) is 0.627. The van der Waals surface area contributed by atoms with Crippen LogP contribution in [0, 0.1) is 11.7 Å². The van der Waals surface area contributed by atoms with E-state index in [0.29, 0.717) is 23.5 Å². The average Bonchev–Trinajstić information content (AvgIpc) is 3.22. The van der Waals surface area contributed by atoms with E-state index in [9.17, 15) is 19.1 Å². The Kier molecular flexibility index (Phi) is 5.66. The summed E-state index contributed by atoms with van der Waals surface area (Å²) in [6.45, 7) is -0.342. The molecule has 158 valence electrons. The highest BCUT2D eigenvalue weighted by atomic mass is 35.5. The number of nitrogens with one attached hydrogen (secondary N) is 2. The summed E-state index contributed by atoms with van der Waals surface area (Å²) in [5, 5.41) is 15.3. The van der Waals surface area contributed by atoms with Crippen LogP contribution in [-0.2, 0) is 11.4 Å². The van der Waals surface area contributed by atoms with Crippen molar-refractivity contribution in [2.45, 2.75) is 37.5 Å². The molecule has 6 nitrogen and oxygen atoms in total. The molecule has 0 radical (unpaired) electrons. The molecule has 3 N–H and O–H groups in total. The molecule has 2 bridgehead atoms. The number of aliphatic hydroxyl groups excluding tert-OH is 1. The van der Waals surface area contributed by atoms with Gasteiger partial charge in [-0.1, -0.05) is 23.7 Å². The fourth-order valence-electron chi connectivity index (χ4n) is 4.39. The first kappa shape index (κ1) is 20.6. The van der Waals surface area contributed by atoms with E-state index in [1.807, 2.05) is 0 Å². The lowest BCUT2D eigenvalue weighted by Crippen LogP contribution is -2.51. The van der Waals surface area contributed by atoms with Gasteiger partial charge in [-0.3, -0.25) is 9.59 Å². The number of ether oxygens (including phenoxy) is 1. The molecule has 0 saturated heterocycles. The zero-order valence-electron chi connectivity index (χ0n) is 16.2. The topological polar surface area (TPSA) is 87.7 Å². The van der Waals surface area contributed by atoms with Gasteiger partial charge in [0.25, 0.3) is 11.8 Å². The minimum atomic E-state index is -0.603. The van der Waals surface area contributed by atoms with Crippen molar-refractivity contribution < 1.29 is 23.8 Å². The number of amides is 2. The molecule has 3 aliphatic rings. The maximum Gasteiger partial charge on any atom is 0.258 e. The summed E-state index contributed by atoms with van der Waals surface area (Å²) in [7, 11) is 0. The van der Waals surface area contributed by atoms with Gasteiger partial charge in [0, 0.05) is 23.2 Å². The maximum absolute atomic E-state index is 13.4. The Morgan fingerprint density at radius 1 is 1.20 bits per heavy atom. The van der Waals surface area contributed by atoms with Gasteiger partial charge in [0.05, 0.1) is 11.6 Å². The molecule has 3 fully saturated rings. The smallest absolute Gasteiger partial charge is 0.258 e. The molecule has 1 atom stereocenters. The summed E-state index contributed by atoms with van der Waals surface area (Å²) in [5.41, 5.74) is 0.883. The number of carbonyl (C=O) groups is 2. The van der Waals surface area contributed by atoms with Crippen LogP contribution in [0.3, 0.4) is 0 Å². The van der Waals surface area contributed by atoms with E-state index >= 15 is 0 Å². The molecule has 3 saturated carbocycles. The summed E-state index contributed by atoms with van der Waals surface area (Å²) in [4.78, 5) is 24.8. The van der Waals surface area contributed by atoms with Crippen molar-refractivity contribution in [3.8, 4) is 5.75 Å². The molecule has 8 heteroatoms. The third kappa shape index (κ3) is 4.27. The van der Waals surface area contributed by atoms with Crippen LogP contribution in [0.5, 0.6) is 5.75 Å². The van der Waals surface area contributed by atoms with E-state index in [1.165, 1.54) is 12.1 Å². The van der Waals surface area contributed by atoms with E-state index in [1.54, 1.807) is 24.3 Å². The van der Waals surface area contributed by atoms with Gasteiger partial charge < -0.3 is 20.5 Å². The number of aliphatic hydroxyl groups is 1. The Morgan fingerprint density at radius 2 is 2.00 bits per heavy atom. The minimum absolute atomic E-state index is 0.00651. The number of carbonyl (C=O) groups excluding carboxylic acids is 2. The average molecular weight is 433 g/mol. The van der Waals surface area contributed by atoms with Crippen molar-refractivity contribution in [1.29, 1.82) is 0 Å². The molecule has 30 heavy (non-hydrogen) atoms. The highest BCUT2D eigenvalue weighted by Gasteiger charge is 2.57. The van der Waals surface area contributed by atoms with Gasteiger partial charge in [-0.2, -0.15) is 0 Å². The number of halogens is 2. The van der Waals surface area contributed by atoms with E-state index in [0.717, 1.165) is 18.9 Å². The van der Waals surface area contributed by atoms with Crippen LogP contribution < -0.4 is 15.4 Å². The second-order valence-corrected chi connectivity index (χ2v) is 8.41. The molecule has 5 rings (SSSR count). The summed E-state index contributed by atoms with van der Waals surface area (Å²) in [6, 6.07) is 10.9. The second-order valence-electron chi connectivity index (χ2n) is 8.00. The fourth-order valence-corrected chi connectivity index (χ4v) is 4.51. The van der Waals surface area contributed by atoms with Crippen LogP contribution in [0.25, 0.3) is 0 Å². The van der Waals surface area contributed by atoms with E-state index in [-0.39, 0.29) is 47.4 Å². The molecule has 3 aliphatic carbocycles. The van der Waals surface area contributed by atoms with Crippen molar-refractivity contribution in [2.75, 3.05) is 6.61 Å². The van der Waals surface area contributed by atoms with E-state index < -0.39 is 5.82 Å². The Labute approximate surface area is 178 Å². The number of hydrogen-bond acceptors (Lipinski definition) is 4. The van der Waals surface area contributed by atoms with Gasteiger partial charge >= 0.3 is 0 Å². The predicted octanol–water partition coefficient (Wildman–Crippen LogP) is 2.82. The van der Waals surface area contributed by atoms with Crippen LogP contribution in [0.1, 0.15) is 35.2 Å². The van der Waals surface area contributed by atoms with Gasteiger partial charge in [-0.15, -0.1) is 0 Å². The molecule has 1 unspecified atom stereocenters. The van der Waals surface area contributed by atoms with Gasteiger partial charge in [0.1, 0.15) is 11.6 Å². The second kappa shape index (κ2) is 8.24. The zero-order chi connectivity index (χ0) is 21.3. The largest absolute Gasteiger partial charge is 0.484 e. The first-order valence-corrected chi connectivity index (χ1v) is 10.1. The Bertz CT molecular complexity index is 977. The van der Waals surface area contributed by atoms with Gasteiger partial charge in [-0.25, -0.2) is 4.39 Å². The molecular formula is C22H22ClFN2O4. The van der Waals surface area contributed by atoms with Crippen LogP contribution in [0.4, 0.5) is 4.39 Å². The first-order valence-electron chi connectivity index (χ1n) is 9.77. The summed E-state index contributed by atoms with van der Waals surface area (Å²) < 4.78 is 18.8. The van der Waals surface area contributed by atoms with Gasteiger partial charge in [0.15, 0.2) is 6.61 Å². The van der Waals surface area contributed by atoms with Gasteiger partial charge in [0.2, 0.25) is 0 Å². The molecule has 0 heterocycles. The third-order valence-corrected chi connectivity index (χ3v) is 6.15. The standard InChI is InChI=1S/C22H22ClFN2O4/c23-17-5-4-16(7-18(17)24)30-12-20(28)25-19-10-22(8-15(19)9-22)26-21(29)14-3-1-2-13(6-14)11-27/h1-7,15,19,27H,8-12H2,(H,25,28)(H,26,29). The van der Waals surface area contributed by atoms with Crippen molar-refractivity contribution in [1.82, 2.24) is 10.6 Å². The molecule has 2 amide bonds. The van der Waals surface area contributed by atoms with Crippen molar-refractivity contribution in [3.63, 3.8) is 0 Å². The van der Waals surface area contributed by atoms with Crippen molar-refractivity contribution in [3.05, 3.63) is 64.4 Å². The minimum Gasteiger partial charge on any atom is -0.484 e. The monoisotopic (exact) mass is 432 g/mol. The van der Waals surface area contributed by atoms with Crippen LogP contribution in [0.2, 0.25) is 5.02 Å². The van der Waals surface area contributed by atoms with Crippen LogP contribution in [-0.4, -0.2) is 35.1 Å². The van der Waals surface area contributed by atoms with Crippen molar-refractivity contribution in [2.24, 2.45) is 5.92 Å². The number of rotatable bonds is 7.